The molecule has 4 heteroatoms. The lowest BCUT2D eigenvalue weighted by Crippen LogP contribution is -2.50. The van der Waals surface area contributed by atoms with Gasteiger partial charge in [0.1, 0.15) is 0 Å². The van der Waals surface area contributed by atoms with Gasteiger partial charge in [0, 0.05) is 25.6 Å². The number of rotatable bonds is 3. The van der Waals surface area contributed by atoms with Gasteiger partial charge in [-0.2, -0.15) is 0 Å². The SMILES string of the molecule is CC(C)C(=O)NCC1(O)CCN(C)CC1. The summed E-state index contributed by atoms with van der Waals surface area (Å²) in [5, 5.41) is 13.0. The molecule has 0 unspecified atom stereocenters. The molecule has 0 saturated carbocycles. The molecule has 0 bridgehead atoms. The summed E-state index contributed by atoms with van der Waals surface area (Å²) >= 11 is 0. The summed E-state index contributed by atoms with van der Waals surface area (Å²) in [6, 6.07) is 0. The normalized spacial score (nSPS) is 21.7. The van der Waals surface area contributed by atoms with Crippen molar-refractivity contribution in [1.82, 2.24) is 10.2 Å². The maximum Gasteiger partial charge on any atom is 0.222 e. The van der Waals surface area contributed by atoms with E-state index >= 15 is 0 Å². The molecule has 0 aliphatic carbocycles. The van der Waals surface area contributed by atoms with Gasteiger partial charge in [0.2, 0.25) is 5.91 Å². The van der Waals surface area contributed by atoms with Crippen molar-refractivity contribution in [2.24, 2.45) is 5.92 Å². The molecule has 88 valence electrons. The van der Waals surface area contributed by atoms with Gasteiger partial charge in [-0.3, -0.25) is 4.79 Å². The lowest BCUT2D eigenvalue weighted by molar-refractivity contribution is -0.125. The average Bonchev–Trinajstić information content (AvgIpc) is 2.19. The minimum Gasteiger partial charge on any atom is -0.388 e. The number of amides is 1. The average molecular weight is 214 g/mol. The fourth-order valence-electron chi connectivity index (χ4n) is 1.67. The first-order valence-electron chi connectivity index (χ1n) is 5.61. The lowest BCUT2D eigenvalue weighted by atomic mass is 9.91. The number of piperidine rings is 1. The van der Waals surface area contributed by atoms with Crippen LogP contribution in [-0.2, 0) is 4.79 Å². The first-order chi connectivity index (χ1) is 6.93. The summed E-state index contributed by atoms with van der Waals surface area (Å²) in [4.78, 5) is 13.6. The van der Waals surface area contributed by atoms with Crippen molar-refractivity contribution >= 4 is 5.91 Å². The van der Waals surface area contributed by atoms with Crippen molar-refractivity contribution in [2.45, 2.75) is 32.3 Å². The summed E-state index contributed by atoms with van der Waals surface area (Å²) in [5.74, 6) is 0.00205. The van der Waals surface area contributed by atoms with E-state index in [1.54, 1.807) is 0 Å². The molecule has 1 rings (SSSR count). The van der Waals surface area contributed by atoms with Crippen LogP contribution in [0.4, 0.5) is 0 Å². The molecule has 1 heterocycles. The number of hydrogen-bond donors (Lipinski definition) is 2. The number of nitrogens with one attached hydrogen (secondary N) is 1. The van der Waals surface area contributed by atoms with Crippen molar-refractivity contribution in [1.29, 1.82) is 0 Å². The highest BCUT2D eigenvalue weighted by Gasteiger charge is 2.31. The summed E-state index contributed by atoms with van der Waals surface area (Å²) < 4.78 is 0. The van der Waals surface area contributed by atoms with Crippen LogP contribution in [0.25, 0.3) is 0 Å². The highest BCUT2D eigenvalue weighted by molar-refractivity contribution is 5.77. The Morgan fingerprint density at radius 1 is 1.47 bits per heavy atom. The Labute approximate surface area is 91.6 Å². The maximum absolute atomic E-state index is 11.4. The van der Waals surface area contributed by atoms with E-state index in [-0.39, 0.29) is 11.8 Å². The summed E-state index contributed by atoms with van der Waals surface area (Å²) in [6.45, 7) is 5.89. The third kappa shape index (κ3) is 3.80. The van der Waals surface area contributed by atoms with Gasteiger partial charge >= 0.3 is 0 Å². The Balaban J connectivity index is 2.34. The zero-order valence-corrected chi connectivity index (χ0v) is 9.92. The third-order valence-electron chi connectivity index (χ3n) is 3.03. The molecule has 0 atom stereocenters. The zero-order valence-electron chi connectivity index (χ0n) is 9.92. The van der Waals surface area contributed by atoms with Crippen molar-refractivity contribution in [3.05, 3.63) is 0 Å². The van der Waals surface area contributed by atoms with Crippen LogP contribution in [-0.4, -0.2) is 48.2 Å². The molecule has 1 amide bonds. The second-order valence-electron chi connectivity index (χ2n) is 4.90. The molecular formula is C11H22N2O2. The third-order valence-corrected chi connectivity index (χ3v) is 3.03. The summed E-state index contributed by atoms with van der Waals surface area (Å²) in [6.07, 6.45) is 1.48. The lowest BCUT2D eigenvalue weighted by Gasteiger charge is -2.36. The molecule has 1 aliphatic rings. The van der Waals surface area contributed by atoms with Crippen molar-refractivity contribution in [3.8, 4) is 0 Å². The molecule has 2 N–H and O–H groups in total. The molecule has 0 spiro atoms. The molecule has 15 heavy (non-hydrogen) atoms. The monoisotopic (exact) mass is 214 g/mol. The number of likely N-dealkylation sites (tertiary alicyclic amines) is 1. The Morgan fingerprint density at radius 2 is 2.00 bits per heavy atom. The largest absolute Gasteiger partial charge is 0.388 e. The maximum atomic E-state index is 11.4. The van der Waals surface area contributed by atoms with E-state index in [2.05, 4.69) is 10.2 Å². The Hall–Kier alpha value is -0.610. The van der Waals surface area contributed by atoms with Gasteiger partial charge in [-0.05, 0) is 19.9 Å². The van der Waals surface area contributed by atoms with Crippen LogP contribution < -0.4 is 5.32 Å². The first-order valence-corrected chi connectivity index (χ1v) is 5.61. The predicted octanol–water partition coefficient (Wildman–Crippen LogP) is 0.215. The fraction of sp³-hybridized carbons (Fsp3) is 0.909. The van der Waals surface area contributed by atoms with Gasteiger partial charge < -0.3 is 15.3 Å². The molecule has 0 aromatic heterocycles. The van der Waals surface area contributed by atoms with Gasteiger partial charge in [0.15, 0.2) is 0 Å². The van der Waals surface area contributed by atoms with Gasteiger partial charge in [0.25, 0.3) is 0 Å². The topological polar surface area (TPSA) is 52.6 Å². The molecular weight excluding hydrogens is 192 g/mol. The number of nitrogens with zero attached hydrogens (tertiary/aromatic N) is 1. The van der Waals surface area contributed by atoms with Crippen LogP contribution in [0.2, 0.25) is 0 Å². The molecule has 1 aliphatic heterocycles. The predicted molar refractivity (Wildman–Crippen MR) is 59.5 cm³/mol. The minimum atomic E-state index is -0.697. The van der Waals surface area contributed by atoms with Gasteiger partial charge in [-0.15, -0.1) is 0 Å². The van der Waals surface area contributed by atoms with E-state index in [4.69, 9.17) is 0 Å². The molecule has 0 aromatic rings. The number of carbonyl (C=O) groups is 1. The number of hydrogen-bond acceptors (Lipinski definition) is 3. The first kappa shape index (κ1) is 12.5. The van der Waals surface area contributed by atoms with E-state index in [1.807, 2.05) is 20.9 Å². The molecule has 1 saturated heterocycles. The summed E-state index contributed by atoms with van der Waals surface area (Å²) in [5.41, 5.74) is -0.697. The quantitative estimate of drug-likeness (QED) is 0.706. The van der Waals surface area contributed by atoms with Crippen LogP contribution in [0.1, 0.15) is 26.7 Å². The van der Waals surface area contributed by atoms with Gasteiger partial charge in [-0.25, -0.2) is 0 Å². The smallest absolute Gasteiger partial charge is 0.222 e. The molecule has 0 radical (unpaired) electrons. The Bertz CT molecular complexity index is 221. The number of aliphatic hydroxyl groups is 1. The second kappa shape index (κ2) is 4.94. The highest BCUT2D eigenvalue weighted by atomic mass is 16.3. The Kier molecular flexibility index (Phi) is 4.11. The standard InChI is InChI=1S/C11H22N2O2/c1-9(2)10(14)12-8-11(15)4-6-13(3)7-5-11/h9,15H,4-8H2,1-3H3,(H,12,14). The van der Waals surface area contributed by atoms with Crippen LogP contribution in [0.15, 0.2) is 0 Å². The van der Waals surface area contributed by atoms with Crippen LogP contribution >= 0.6 is 0 Å². The van der Waals surface area contributed by atoms with E-state index in [0.717, 1.165) is 25.9 Å². The van der Waals surface area contributed by atoms with E-state index < -0.39 is 5.60 Å². The van der Waals surface area contributed by atoms with Crippen LogP contribution in [0.3, 0.4) is 0 Å². The summed E-state index contributed by atoms with van der Waals surface area (Å²) in [7, 11) is 2.05. The number of carbonyl (C=O) groups excluding carboxylic acids is 1. The van der Waals surface area contributed by atoms with Crippen LogP contribution in [0, 0.1) is 5.92 Å². The van der Waals surface area contributed by atoms with Crippen molar-refractivity contribution in [3.63, 3.8) is 0 Å². The fourth-order valence-corrected chi connectivity index (χ4v) is 1.67. The van der Waals surface area contributed by atoms with Crippen molar-refractivity contribution < 1.29 is 9.90 Å². The van der Waals surface area contributed by atoms with Crippen LogP contribution in [0.5, 0.6) is 0 Å². The molecule has 1 fully saturated rings. The Morgan fingerprint density at radius 3 is 2.47 bits per heavy atom. The van der Waals surface area contributed by atoms with Gasteiger partial charge in [-0.1, -0.05) is 13.8 Å². The second-order valence-corrected chi connectivity index (χ2v) is 4.90. The zero-order chi connectivity index (χ0) is 11.5. The highest BCUT2D eigenvalue weighted by Crippen LogP contribution is 2.20. The molecule has 4 nitrogen and oxygen atoms in total. The minimum absolute atomic E-state index is 0.0140. The van der Waals surface area contributed by atoms with Gasteiger partial charge in [0.05, 0.1) is 5.60 Å². The molecule has 0 aromatic carbocycles. The van der Waals surface area contributed by atoms with Crippen molar-refractivity contribution in [2.75, 3.05) is 26.7 Å². The van der Waals surface area contributed by atoms with E-state index in [9.17, 15) is 9.90 Å². The van der Waals surface area contributed by atoms with E-state index in [1.165, 1.54) is 0 Å². The van der Waals surface area contributed by atoms with E-state index in [0.29, 0.717) is 6.54 Å².